The Morgan fingerprint density at radius 2 is 1.79 bits per heavy atom. The van der Waals surface area contributed by atoms with Gasteiger partial charge in [0.05, 0.1) is 18.1 Å². The molecule has 0 radical (unpaired) electrons. The number of piperazine rings is 1. The molecule has 8 nitrogen and oxygen atoms in total. The molecule has 0 N–H and O–H groups in total. The third-order valence-electron chi connectivity index (χ3n) is 4.39. The normalized spacial score (nSPS) is 15.2. The van der Waals surface area contributed by atoms with Gasteiger partial charge < -0.3 is 9.80 Å². The van der Waals surface area contributed by atoms with Gasteiger partial charge in [-0.3, -0.25) is 4.79 Å². The molecule has 1 aliphatic heterocycles. The van der Waals surface area contributed by atoms with Crippen LogP contribution in [0, 0.1) is 6.92 Å². The largest absolute Gasteiger partial charge is 0.367 e. The van der Waals surface area contributed by atoms with Gasteiger partial charge >= 0.3 is 0 Å². The molecular formula is C16H19N7O. The number of aryl methyl sites for hydroxylation is 2. The van der Waals surface area contributed by atoms with E-state index in [2.05, 4.69) is 31.0 Å². The lowest BCUT2D eigenvalue weighted by Gasteiger charge is -2.37. The quantitative estimate of drug-likeness (QED) is 0.682. The second-order valence-electron chi connectivity index (χ2n) is 6.01. The Kier molecular flexibility index (Phi) is 3.44. The summed E-state index contributed by atoms with van der Waals surface area (Å²) in [4.78, 5) is 20.8. The van der Waals surface area contributed by atoms with Gasteiger partial charge in [0.1, 0.15) is 5.82 Å². The van der Waals surface area contributed by atoms with Crippen molar-refractivity contribution in [3.8, 4) is 0 Å². The molecule has 124 valence electrons. The fraction of sp³-hybridized carbons (Fsp3) is 0.375. The van der Waals surface area contributed by atoms with E-state index in [1.165, 1.54) is 4.68 Å². The highest BCUT2D eigenvalue weighted by Crippen LogP contribution is 2.20. The predicted molar refractivity (Wildman–Crippen MR) is 91.6 cm³/mol. The fourth-order valence-electron chi connectivity index (χ4n) is 3.07. The molecule has 3 aromatic heterocycles. The number of rotatable bonds is 2. The Balaban J connectivity index is 1.56. The molecule has 1 aliphatic rings. The second-order valence-corrected chi connectivity index (χ2v) is 6.01. The summed E-state index contributed by atoms with van der Waals surface area (Å²) in [7, 11) is 1.66. The van der Waals surface area contributed by atoms with Crippen LogP contribution in [0.25, 0.3) is 5.65 Å². The maximum absolute atomic E-state index is 11.8. The summed E-state index contributed by atoms with van der Waals surface area (Å²) in [6, 6.07) is 5.62. The van der Waals surface area contributed by atoms with Crippen molar-refractivity contribution in [2.75, 3.05) is 36.0 Å². The van der Waals surface area contributed by atoms with E-state index in [0.29, 0.717) is 0 Å². The Labute approximate surface area is 138 Å². The topological polar surface area (TPSA) is 71.6 Å². The van der Waals surface area contributed by atoms with E-state index in [1.54, 1.807) is 25.5 Å². The molecule has 4 heterocycles. The van der Waals surface area contributed by atoms with Gasteiger partial charge in [-0.25, -0.2) is 9.67 Å². The van der Waals surface area contributed by atoms with Crippen molar-refractivity contribution in [2.45, 2.75) is 6.92 Å². The number of anilines is 2. The standard InChI is InChI=1S/C16H19N7O/c1-12-9-15(23-14(19-12)3-4-17-23)22-7-5-21(6-8-22)13-10-16(24)20(2)18-11-13/h3-4,9-11H,5-8H2,1-2H3. The molecule has 0 aromatic carbocycles. The zero-order valence-electron chi connectivity index (χ0n) is 13.8. The lowest BCUT2D eigenvalue weighted by Crippen LogP contribution is -2.47. The van der Waals surface area contributed by atoms with Gasteiger partial charge in [-0.05, 0) is 6.92 Å². The van der Waals surface area contributed by atoms with E-state index in [-0.39, 0.29) is 5.56 Å². The summed E-state index contributed by atoms with van der Waals surface area (Å²) in [5.74, 6) is 1.06. The maximum Gasteiger partial charge on any atom is 0.268 e. The molecule has 3 aromatic rings. The summed E-state index contributed by atoms with van der Waals surface area (Å²) in [6.07, 6.45) is 3.52. The average Bonchev–Trinajstić information content (AvgIpc) is 3.05. The molecule has 0 unspecified atom stereocenters. The molecule has 0 aliphatic carbocycles. The Morgan fingerprint density at radius 1 is 1.04 bits per heavy atom. The SMILES string of the molecule is Cc1cc(N2CCN(c3cnn(C)c(=O)c3)CC2)n2nccc2n1. The second kappa shape index (κ2) is 5.63. The average molecular weight is 325 g/mol. The van der Waals surface area contributed by atoms with Crippen LogP contribution in [0.4, 0.5) is 11.5 Å². The third-order valence-corrected chi connectivity index (χ3v) is 4.39. The first-order chi connectivity index (χ1) is 11.6. The van der Waals surface area contributed by atoms with E-state index in [1.807, 2.05) is 17.5 Å². The number of fused-ring (bicyclic) bond motifs is 1. The van der Waals surface area contributed by atoms with E-state index >= 15 is 0 Å². The van der Waals surface area contributed by atoms with Crippen molar-refractivity contribution in [1.29, 1.82) is 0 Å². The zero-order valence-corrected chi connectivity index (χ0v) is 13.8. The smallest absolute Gasteiger partial charge is 0.268 e. The number of hydrogen-bond acceptors (Lipinski definition) is 6. The van der Waals surface area contributed by atoms with Crippen LogP contribution in [-0.4, -0.2) is 50.6 Å². The van der Waals surface area contributed by atoms with Crippen LogP contribution in [0.15, 0.2) is 35.4 Å². The summed E-state index contributed by atoms with van der Waals surface area (Å²) < 4.78 is 3.22. The minimum atomic E-state index is -0.0852. The number of aromatic nitrogens is 5. The lowest BCUT2D eigenvalue weighted by molar-refractivity contribution is 0.631. The molecule has 1 fully saturated rings. The molecule has 0 bridgehead atoms. The molecule has 0 saturated carbocycles. The van der Waals surface area contributed by atoms with Crippen LogP contribution >= 0.6 is 0 Å². The summed E-state index contributed by atoms with van der Waals surface area (Å²) in [5, 5.41) is 8.48. The number of nitrogens with zero attached hydrogens (tertiary/aromatic N) is 7. The van der Waals surface area contributed by atoms with Crippen LogP contribution in [0.5, 0.6) is 0 Å². The van der Waals surface area contributed by atoms with Gasteiger partial charge in [-0.1, -0.05) is 0 Å². The minimum absolute atomic E-state index is 0.0852. The van der Waals surface area contributed by atoms with Crippen molar-refractivity contribution in [1.82, 2.24) is 24.4 Å². The molecule has 8 heteroatoms. The summed E-state index contributed by atoms with van der Waals surface area (Å²) in [6.45, 7) is 5.37. The van der Waals surface area contributed by atoms with Crippen molar-refractivity contribution in [3.05, 3.63) is 46.6 Å². The van der Waals surface area contributed by atoms with Crippen LogP contribution in [0.1, 0.15) is 5.69 Å². The molecule has 1 saturated heterocycles. The Hall–Kier alpha value is -2.90. The molecule has 0 spiro atoms. The van der Waals surface area contributed by atoms with Crippen molar-refractivity contribution >= 4 is 17.2 Å². The molecular weight excluding hydrogens is 306 g/mol. The van der Waals surface area contributed by atoms with Crippen LogP contribution in [0.3, 0.4) is 0 Å². The van der Waals surface area contributed by atoms with Crippen molar-refractivity contribution in [3.63, 3.8) is 0 Å². The zero-order chi connectivity index (χ0) is 16.7. The lowest BCUT2D eigenvalue weighted by atomic mass is 10.2. The molecule has 24 heavy (non-hydrogen) atoms. The molecule has 4 rings (SSSR count). The van der Waals surface area contributed by atoms with Gasteiger partial charge in [0.15, 0.2) is 5.65 Å². The van der Waals surface area contributed by atoms with Crippen molar-refractivity contribution < 1.29 is 0 Å². The molecule has 0 atom stereocenters. The van der Waals surface area contributed by atoms with E-state index in [4.69, 9.17) is 0 Å². The van der Waals surface area contributed by atoms with E-state index < -0.39 is 0 Å². The minimum Gasteiger partial charge on any atom is -0.367 e. The first-order valence-corrected chi connectivity index (χ1v) is 7.96. The van der Waals surface area contributed by atoms with Crippen LogP contribution in [-0.2, 0) is 7.05 Å². The van der Waals surface area contributed by atoms with Gasteiger partial charge in [-0.15, -0.1) is 0 Å². The van der Waals surface area contributed by atoms with Gasteiger partial charge in [0.25, 0.3) is 5.56 Å². The highest BCUT2D eigenvalue weighted by molar-refractivity contribution is 5.52. The summed E-state index contributed by atoms with van der Waals surface area (Å²) in [5.41, 5.74) is 2.64. The van der Waals surface area contributed by atoms with Gasteiger partial charge in [0.2, 0.25) is 0 Å². The fourth-order valence-corrected chi connectivity index (χ4v) is 3.07. The van der Waals surface area contributed by atoms with Gasteiger partial charge in [-0.2, -0.15) is 14.7 Å². The summed E-state index contributed by atoms with van der Waals surface area (Å²) >= 11 is 0. The van der Waals surface area contributed by atoms with Crippen molar-refractivity contribution in [2.24, 2.45) is 7.05 Å². The number of hydrogen-bond donors (Lipinski definition) is 0. The first-order valence-electron chi connectivity index (χ1n) is 7.96. The highest BCUT2D eigenvalue weighted by Gasteiger charge is 2.20. The van der Waals surface area contributed by atoms with E-state index in [9.17, 15) is 4.79 Å². The third kappa shape index (κ3) is 2.49. The van der Waals surface area contributed by atoms with Gasteiger partial charge in [0, 0.05) is 57.1 Å². The van der Waals surface area contributed by atoms with E-state index in [0.717, 1.165) is 49.0 Å². The highest BCUT2D eigenvalue weighted by atomic mass is 16.1. The Bertz CT molecular complexity index is 937. The molecule has 0 amide bonds. The Morgan fingerprint density at radius 3 is 2.54 bits per heavy atom. The van der Waals surface area contributed by atoms with Crippen LogP contribution < -0.4 is 15.4 Å². The predicted octanol–water partition coefficient (Wildman–Crippen LogP) is 0.458. The maximum atomic E-state index is 11.8. The monoisotopic (exact) mass is 325 g/mol. The van der Waals surface area contributed by atoms with Crippen LogP contribution in [0.2, 0.25) is 0 Å². The first kappa shape index (κ1) is 14.7.